The standard InChI is InChI=1S/C15H15BrOS/c16-13-7-8-18-15(13)9-14(17)12-6-5-10-3-1-2-4-11(10)12/h1-4,7-8,12,14,17H,5-6,9H2. The lowest BCUT2D eigenvalue weighted by atomic mass is 9.93. The van der Waals surface area contributed by atoms with Crippen LogP contribution in [0, 0.1) is 0 Å². The van der Waals surface area contributed by atoms with E-state index in [2.05, 4.69) is 51.6 Å². The number of thiophene rings is 1. The Hall–Kier alpha value is -0.640. The van der Waals surface area contributed by atoms with Gasteiger partial charge in [-0.25, -0.2) is 0 Å². The first-order chi connectivity index (χ1) is 8.75. The van der Waals surface area contributed by atoms with Gasteiger partial charge in [0.2, 0.25) is 0 Å². The van der Waals surface area contributed by atoms with Crippen LogP contribution in [0.2, 0.25) is 0 Å². The minimum absolute atomic E-state index is 0.274. The molecule has 3 heteroatoms. The van der Waals surface area contributed by atoms with E-state index in [1.165, 1.54) is 16.0 Å². The fourth-order valence-corrected chi connectivity index (χ4v) is 4.36. The van der Waals surface area contributed by atoms with E-state index in [1.807, 2.05) is 0 Å². The van der Waals surface area contributed by atoms with Crippen LogP contribution in [0.25, 0.3) is 0 Å². The zero-order valence-corrected chi connectivity index (χ0v) is 12.4. The van der Waals surface area contributed by atoms with Gasteiger partial charge in [-0.3, -0.25) is 0 Å². The van der Waals surface area contributed by atoms with Crippen LogP contribution in [-0.2, 0) is 12.8 Å². The number of hydrogen-bond acceptors (Lipinski definition) is 2. The van der Waals surface area contributed by atoms with Crippen molar-refractivity contribution in [1.29, 1.82) is 0 Å². The lowest BCUT2D eigenvalue weighted by Crippen LogP contribution is -2.18. The van der Waals surface area contributed by atoms with Crippen molar-refractivity contribution in [2.24, 2.45) is 0 Å². The third-order valence-electron chi connectivity index (χ3n) is 3.73. The summed E-state index contributed by atoms with van der Waals surface area (Å²) in [5.74, 6) is 0.301. The Labute approximate surface area is 120 Å². The second-order valence-corrected chi connectivity index (χ2v) is 6.66. The van der Waals surface area contributed by atoms with E-state index in [9.17, 15) is 5.11 Å². The predicted molar refractivity (Wildman–Crippen MR) is 79.2 cm³/mol. The molecule has 1 aromatic heterocycles. The molecule has 1 nitrogen and oxygen atoms in total. The molecule has 0 radical (unpaired) electrons. The molecule has 1 aliphatic carbocycles. The number of aliphatic hydroxyl groups is 1. The van der Waals surface area contributed by atoms with Crippen molar-refractivity contribution in [2.75, 3.05) is 0 Å². The van der Waals surface area contributed by atoms with Gasteiger partial charge in [0.25, 0.3) is 0 Å². The summed E-state index contributed by atoms with van der Waals surface area (Å²) < 4.78 is 1.12. The predicted octanol–water partition coefficient (Wildman–Crippen LogP) is 4.14. The Kier molecular flexibility index (Phi) is 3.55. The molecule has 0 aliphatic heterocycles. The number of benzene rings is 1. The molecule has 1 heterocycles. The Morgan fingerprint density at radius 1 is 1.33 bits per heavy atom. The number of rotatable bonds is 3. The first kappa shape index (κ1) is 12.4. The molecule has 3 rings (SSSR count). The van der Waals surface area contributed by atoms with Gasteiger partial charge in [0.05, 0.1) is 6.10 Å². The Morgan fingerprint density at radius 3 is 2.94 bits per heavy atom. The van der Waals surface area contributed by atoms with E-state index in [4.69, 9.17) is 0 Å². The third kappa shape index (κ3) is 2.27. The summed E-state index contributed by atoms with van der Waals surface area (Å²) in [6.45, 7) is 0. The average Bonchev–Trinajstić information content (AvgIpc) is 2.96. The fraction of sp³-hybridized carbons (Fsp3) is 0.333. The van der Waals surface area contributed by atoms with Crippen molar-refractivity contribution in [2.45, 2.75) is 31.3 Å². The Balaban J connectivity index is 1.79. The molecule has 0 spiro atoms. The topological polar surface area (TPSA) is 20.2 Å². The largest absolute Gasteiger partial charge is 0.392 e. The molecule has 18 heavy (non-hydrogen) atoms. The number of fused-ring (bicyclic) bond motifs is 1. The number of hydrogen-bond donors (Lipinski definition) is 1. The summed E-state index contributed by atoms with van der Waals surface area (Å²) in [4.78, 5) is 1.24. The first-order valence-electron chi connectivity index (χ1n) is 6.23. The SMILES string of the molecule is OC(Cc1sccc1Br)C1CCc2ccccc21. The maximum Gasteiger partial charge on any atom is 0.0657 e. The normalized spacial score (nSPS) is 19.8. The quantitative estimate of drug-likeness (QED) is 0.900. The zero-order valence-electron chi connectivity index (χ0n) is 9.97. The highest BCUT2D eigenvalue weighted by Gasteiger charge is 2.28. The van der Waals surface area contributed by atoms with Crippen LogP contribution in [0.5, 0.6) is 0 Å². The van der Waals surface area contributed by atoms with Gasteiger partial charge in [-0.05, 0) is 51.3 Å². The van der Waals surface area contributed by atoms with Gasteiger partial charge in [0, 0.05) is 21.7 Å². The van der Waals surface area contributed by atoms with Crippen molar-refractivity contribution in [1.82, 2.24) is 0 Å². The van der Waals surface area contributed by atoms with Crippen molar-refractivity contribution < 1.29 is 5.11 Å². The van der Waals surface area contributed by atoms with Gasteiger partial charge in [-0.2, -0.15) is 0 Å². The Morgan fingerprint density at radius 2 is 2.17 bits per heavy atom. The molecular formula is C15H15BrOS. The molecule has 2 aromatic rings. The molecule has 0 saturated carbocycles. The molecule has 94 valence electrons. The lowest BCUT2D eigenvalue weighted by molar-refractivity contribution is 0.144. The van der Waals surface area contributed by atoms with E-state index in [-0.39, 0.29) is 6.10 Å². The molecule has 2 atom stereocenters. The second-order valence-electron chi connectivity index (χ2n) is 4.81. The van der Waals surface area contributed by atoms with Crippen LogP contribution in [0.15, 0.2) is 40.2 Å². The summed E-state index contributed by atoms with van der Waals surface area (Å²) >= 11 is 5.25. The zero-order chi connectivity index (χ0) is 12.5. The monoisotopic (exact) mass is 322 g/mol. The van der Waals surface area contributed by atoms with E-state index in [0.29, 0.717) is 5.92 Å². The second kappa shape index (κ2) is 5.16. The molecule has 2 unspecified atom stereocenters. The van der Waals surface area contributed by atoms with Gasteiger partial charge in [-0.1, -0.05) is 24.3 Å². The molecule has 1 aromatic carbocycles. The molecule has 0 saturated heterocycles. The first-order valence-corrected chi connectivity index (χ1v) is 7.90. The summed E-state index contributed by atoms with van der Waals surface area (Å²) in [7, 11) is 0. The highest BCUT2D eigenvalue weighted by Crippen LogP contribution is 2.37. The molecule has 0 bridgehead atoms. The van der Waals surface area contributed by atoms with Crippen molar-refractivity contribution in [3.8, 4) is 0 Å². The van der Waals surface area contributed by atoms with Crippen LogP contribution in [0.4, 0.5) is 0 Å². The van der Waals surface area contributed by atoms with Crippen LogP contribution >= 0.6 is 27.3 Å². The van der Waals surface area contributed by atoms with E-state index < -0.39 is 0 Å². The van der Waals surface area contributed by atoms with Crippen molar-refractivity contribution in [3.05, 3.63) is 56.2 Å². The van der Waals surface area contributed by atoms with Crippen LogP contribution in [0.1, 0.15) is 28.3 Å². The molecule has 1 aliphatic rings. The lowest BCUT2D eigenvalue weighted by Gasteiger charge is -2.18. The molecule has 1 N–H and O–H groups in total. The summed E-state index contributed by atoms with van der Waals surface area (Å²) in [5, 5.41) is 12.5. The van der Waals surface area contributed by atoms with Gasteiger partial charge in [0.15, 0.2) is 0 Å². The number of aryl methyl sites for hydroxylation is 1. The average molecular weight is 323 g/mol. The van der Waals surface area contributed by atoms with Gasteiger partial charge in [-0.15, -0.1) is 11.3 Å². The highest BCUT2D eigenvalue weighted by molar-refractivity contribution is 9.10. The Bertz CT molecular complexity index is 549. The minimum Gasteiger partial charge on any atom is -0.392 e. The van der Waals surface area contributed by atoms with Crippen molar-refractivity contribution >= 4 is 27.3 Å². The van der Waals surface area contributed by atoms with E-state index in [1.54, 1.807) is 11.3 Å². The molecule has 0 amide bonds. The van der Waals surface area contributed by atoms with Crippen LogP contribution in [0.3, 0.4) is 0 Å². The van der Waals surface area contributed by atoms with Gasteiger partial charge >= 0.3 is 0 Å². The van der Waals surface area contributed by atoms with Crippen molar-refractivity contribution in [3.63, 3.8) is 0 Å². The van der Waals surface area contributed by atoms with Gasteiger partial charge in [0.1, 0.15) is 0 Å². The third-order valence-corrected chi connectivity index (χ3v) is 5.68. The smallest absolute Gasteiger partial charge is 0.0657 e. The summed E-state index contributed by atoms with van der Waals surface area (Å²) in [6, 6.07) is 10.6. The summed E-state index contributed by atoms with van der Waals surface area (Å²) in [6.07, 6.45) is 2.65. The van der Waals surface area contributed by atoms with E-state index >= 15 is 0 Å². The minimum atomic E-state index is -0.274. The van der Waals surface area contributed by atoms with Gasteiger partial charge < -0.3 is 5.11 Å². The maximum atomic E-state index is 10.5. The highest BCUT2D eigenvalue weighted by atomic mass is 79.9. The number of halogens is 1. The van der Waals surface area contributed by atoms with Crippen LogP contribution < -0.4 is 0 Å². The van der Waals surface area contributed by atoms with E-state index in [0.717, 1.165) is 23.7 Å². The molecular weight excluding hydrogens is 308 g/mol. The van der Waals surface area contributed by atoms with Crippen LogP contribution in [-0.4, -0.2) is 11.2 Å². The fourth-order valence-electron chi connectivity index (χ4n) is 2.79. The number of aliphatic hydroxyl groups excluding tert-OH is 1. The molecule has 0 fully saturated rings. The summed E-state index contributed by atoms with van der Waals surface area (Å²) in [5.41, 5.74) is 2.75. The maximum absolute atomic E-state index is 10.5.